The maximum absolute atomic E-state index is 13.3. The van der Waals surface area contributed by atoms with Crippen LogP contribution in [-0.2, 0) is 40.5 Å². The van der Waals surface area contributed by atoms with Gasteiger partial charge in [-0.25, -0.2) is 16.8 Å². The van der Waals surface area contributed by atoms with E-state index in [4.69, 9.17) is 9.47 Å². The first-order chi connectivity index (χ1) is 27.8. The first kappa shape index (κ1) is 57.6. The maximum atomic E-state index is 13.3. The molecule has 4 aromatic carbocycles. The van der Waals surface area contributed by atoms with E-state index in [0.29, 0.717) is 47.5 Å². The predicted molar refractivity (Wildman–Crippen MR) is 203 cm³/mol. The number of rotatable bonds is 11. The molecule has 0 spiro atoms. The Hall–Kier alpha value is -2.52. The van der Waals surface area contributed by atoms with Gasteiger partial charge in [-0.3, -0.25) is 29.5 Å². The second-order valence-electron chi connectivity index (χ2n) is 12.3. The van der Waals surface area contributed by atoms with Crippen LogP contribution in [0.5, 0.6) is 23.0 Å². The molecule has 0 unspecified atom stereocenters. The topological polar surface area (TPSA) is 371 Å². The van der Waals surface area contributed by atoms with E-state index in [1.165, 1.54) is 50.6 Å². The summed E-state index contributed by atoms with van der Waals surface area (Å²) >= 11 is 0. The quantitative estimate of drug-likeness (QED) is 0.0616. The Balaban J connectivity index is 0.00000352. The summed E-state index contributed by atoms with van der Waals surface area (Å²) in [5.41, 5.74) is 1.15. The molecule has 0 aliphatic heterocycles. The van der Waals surface area contributed by atoms with Crippen molar-refractivity contribution in [1.29, 1.82) is 0 Å². The first-order valence-electron chi connectivity index (χ1n) is 16.0. The number of ketones is 2. The van der Waals surface area contributed by atoms with Gasteiger partial charge in [-0.1, -0.05) is 35.8 Å². The summed E-state index contributed by atoms with van der Waals surface area (Å²) in [6, 6.07) is 10.5. The number of benzene rings is 4. The number of Topliss-reactive ketones (excluding diaryl/α,β-unsaturated/α-hetero) is 2. The van der Waals surface area contributed by atoms with E-state index < -0.39 is 117 Å². The summed E-state index contributed by atoms with van der Waals surface area (Å²) in [5.74, 6) is -5.09. The molecule has 314 valence electrons. The number of hydrogen-bond acceptors (Lipinski definition) is 20. The third-order valence-corrected chi connectivity index (χ3v) is 11.9. The fourth-order valence-electron chi connectivity index (χ4n) is 5.87. The van der Waals surface area contributed by atoms with E-state index in [-0.39, 0.29) is 141 Å². The molecule has 64 heavy (non-hydrogen) atoms. The molecule has 0 heterocycles. The number of allylic oxidation sites excluding steroid dienone is 2. The number of fused-ring (bicyclic) bond motifs is 2. The van der Waals surface area contributed by atoms with E-state index in [9.17, 15) is 71.7 Å². The number of methoxy groups -OCH3 is 2. The van der Waals surface area contributed by atoms with E-state index >= 15 is 0 Å². The smallest absolute Gasteiger partial charge is 0.872 e. The molecule has 0 radical (unpaired) electrons. The van der Waals surface area contributed by atoms with Crippen molar-refractivity contribution in [3.8, 4) is 34.1 Å². The van der Waals surface area contributed by atoms with Gasteiger partial charge in [-0.15, -0.1) is 0 Å². The summed E-state index contributed by atoms with van der Waals surface area (Å²) in [4.78, 5) is 22.3. The summed E-state index contributed by atoms with van der Waals surface area (Å²) in [6.45, 7) is 0. The van der Waals surface area contributed by atoms with E-state index in [1.807, 2.05) is 0 Å². The number of hydrazone groups is 2. The van der Waals surface area contributed by atoms with Crippen LogP contribution in [0.2, 0.25) is 0 Å². The molecule has 4 aromatic rings. The fraction of sp³-hybridized carbons (Fsp3) is 0.0588. The minimum atomic E-state index is -5.24. The Morgan fingerprint density at radius 3 is 1.16 bits per heavy atom. The van der Waals surface area contributed by atoms with Crippen LogP contribution in [0.3, 0.4) is 0 Å². The van der Waals surface area contributed by atoms with Crippen molar-refractivity contribution in [1.82, 2.24) is 0 Å². The Labute approximate surface area is 452 Å². The molecule has 0 atom stereocenters. The van der Waals surface area contributed by atoms with Crippen LogP contribution in [0.1, 0.15) is 31.8 Å². The first-order valence-corrected chi connectivity index (χ1v) is 21.7. The standard InChI is InChI=1S/C34H26N4O18S4.4Na/c1-55-25-9-15(3-5-21(25)35-37-31-27(59(49,50)51)11-17-7-19(57(43,44)45)13-23(39)29(17)33(31)41)16-4-6-22(26(10-16)56-2)36-38-32-28(60(52,53)54)12-18-8-20(58(46,47)48)14-24(40)30(18)34(32)42;;;;/h3-14,35-36,39-40H,1-2H3,(H,43,44,45)(H,46,47,48)(H,49,50,51)(H,52,53,54);;;;/q;4*+1/p-4/b37-31+,38-32+;;;;. The van der Waals surface area contributed by atoms with Gasteiger partial charge in [0.15, 0.2) is 11.4 Å². The van der Waals surface area contributed by atoms with E-state index in [0.717, 1.165) is 0 Å². The average molecular weight is 995 g/mol. The van der Waals surface area contributed by atoms with Crippen molar-refractivity contribution in [2.75, 3.05) is 25.1 Å². The minimum absolute atomic E-state index is 0. The zero-order valence-electron chi connectivity index (χ0n) is 33.9. The van der Waals surface area contributed by atoms with Crippen LogP contribution in [0, 0.1) is 0 Å². The second kappa shape index (κ2) is 21.6. The van der Waals surface area contributed by atoms with Crippen LogP contribution in [0.25, 0.3) is 23.3 Å². The number of ether oxygens (including phenoxy) is 2. The van der Waals surface area contributed by atoms with Crippen LogP contribution >= 0.6 is 0 Å². The molecule has 0 bridgehead atoms. The van der Waals surface area contributed by atoms with Crippen molar-refractivity contribution in [3.63, 3.8) is 0 Å². The zero-order chi connectivity index (χ0) is 44.3. The molecule has 0 fully saturated rings. The van der Waals surface area contributed by atoms with Gasteiger partial charge in [0, 0.05) is 11.1 Å². The maximum Gasteiger partial charge on any atom is 1.00 e. The predicted octanol–water partition coefficient (Wildman–Crippen LogP) is -10.9. The van der Waals surface area contributed by atoms with Gasteiger partial charge in [-0.2, -0.15) is 27.0 Å². The zero-order valence-corrected chi connectivity index (χ0v) is 45.1. The molecule has 2 aliphatic rings. The molecule has 0 aromatic heterocycles. The monoisotopic (exact) mass is 994 g/mol. The van der Waals surface area contributed by atoms with Crippen LogP contribution in [0.15, 0.2) is 90.5 Å². The van der Waals surface area contributed by atoms with E-state index in [2.05, 4.69) is 21.1 Å². The Morgan fingerprint density at radius 2 is 0.875 bits per heavy atom. The van der Waals surface area contributed by atoms with Gasteiger partial charge in [-0.05, 0) is 70.8 Å². The van der Waals surface area contributed by atoms with Gasteiger partial charge in [0.05, 0.1) is 35.4 Å². The SMILES string of the molecule is COc1cc(-c2ccc(N/N=C3/C(=O)c4c([O-])cc(S(=O)(=O)[O-])cc4C=C3S(=O)(=O)O)c(OC)c2)ccc1N/N=C1/C(=O)c2c([O-])cc(S(=O)(=O)[O-])cc2C=C1S(=O)(=O)O.[Na+].[Na+].[Na+].[Na+]. The van der Waals surface area contributed by atoms with Crippen molar-refractivity contribution in [2.24, 2.45) is 10.2 Å². The normalized spacial score (nSPS) is 14.8. The number of carbonyl (C=O) groups is 2. The number of anilines is 2. The van der Waals surface area contributed by atoms with Gasteiger partial charge >= 0.3 is 118 Å². The van der Waals surface area contributed by atoms with Crippen molar-refractivity contribution < 1.29 is 199 Å². The fourth-order valence-corrected chi connectivity index (χ4v) is 8.23. The Kier molecular flexibility index (Phi) is 19.5. The third kappa shape index (κ3) is 12.1. The Bertz CT molecular complexity index is 2980. The molecule has 30 heteroatoms. The van der Waals surface area contributed by atoms with Gasteiger partial charge in [0.25, 0.3) is 20.2 Å². The number of hydrogen-bond donors (Lipinski definition) is 4. The molecule has 0 amide bonds. The number of nitrogens with one attached hydrogen (secondary N) is 2. The summed E-state index contributed by atoms with van der Waals surface area (Å²) in [6.07, 6.45) is 1.20. The van der Waals surface area contributed by atoms with Gasteiger partial charge in [0.1, 0.15) is 41.5 Å². The second-order valence-corrected chi connectivity index (χ2v) is 17.8. The molecule has 0 saturated carbocycles. The Morgan fingerprint density at radius 1 is 0.547 bits per heavy atom. The van der Waals surface area contributed by atoms with Crippen LogP contribution in [0.4, 0.5) is 11.4 Å². The van der Waals surface area contributed by atoms with E-state index in [1.54, 1.807) is 0 Å². The molecule has 6 rings (SSSR count). The van der Waals surface area contributed by atoms with Crippen molar-refractivity contribution in [3.05, 3.63) is 92.7 Å². The van der Waals surface area contributed by atoms with Crippen LogP contribution < -0.4 is 149 Å². The minimum Gasteiger partial charge on any atom is -0.872 e. The van der Waals surface area contributed by atoms with Crippen LogP contribution in [-0.4, -0.2) is 89.1 Å². The summed E-state index contributed by atoms with van der Waals surface area (Å²) < 4.78 is 148. The molecule has 2 aliphatic carbocycles. The van der Waals surface area contributed by atoms with Gasteiger partial charge < -0.3 is 28.8 Å². The number of nitrogens with zero attached hydrogens (tertiary/aromatic N) is 2. The molecular weight excluding hydrogens is 973 g/mol. The summed E-state index contributed by atoms with van der Waals surface area (Å²) in [7, 11) is -18.4. The number of carbonyl (C=O) groups excluding carboxylic acids is 2. The van der Waals surface area contributed by atoms with Crippen molar-refractivity contribution in [2.45, 2.75) is 9.79 Å². The summed E-state index contributed by atoms with van der Waals surface area (Å²) in [5, 5.41) is 32.9. The molecule has 4 N–H and O–H groups in total. The molecular formula is C34H22N4Na4O18S4. The molecule has 22 nitrogen and oxygen atoms in total. The third-order valence-electron chi connectivity index (χ3n) is 8.58. The van der Waals surface area contributed by atoms with Crippen molar-refractivity contribution >= 4 is 87.0 Å². The average Bonchev–Trinajstić information content (AvgIpc) is 3.14. The molecule has 0 saturated heterocycles. The van der Waals surface area contributed by atoms with Gasteiger partial charge in [0.2, 0.25) is 11.6 Å². The largest absolute Gasteiger partial charge is 1.00 e.